The minimum atomic E-state index is -1.29. The number of anilines is 1. The molecule has 3 aromatic heterocycles. The number of alkyl halides is 1. The molecule has 1 atom stereocenters. The first-order valence-corrected chi connectivity index (χ1v) is 9.77. The molecule has 0 aliphatic carbocycles. The lowest BCUT2D eigenvalue weighted by Crippen LogP contribution is -2.46. The van der Waals surface area contributed by atoms with Crippen molar-refractivity contribution in [3.63, 3.8) is 0 Å². The molecule has 0 spiro atoms. The molecule has 28 heavy (non-hydrogen) atoms. The Balaban J connectivity index is 1.71. The summed E-state index contributed by atoms with van der Waals surface area (Å²) in [5.41, 5.74) is 2.68. The zero-order valence-electron chi connectivity index (χ0n) is 16.5. The fourth-order valence-corrected chi connectivity index (χ4v) is 3.55. The number of aromatic nitrogens is 5. The predicted octanol–water partition coefficient (Wildman–Crippen LogP) is 3.28. The smallest absolute Gasteiger partial charge is 0.155 e. The molecule has 4 heterocycles. The van der Waals surface area contributed by atoms with Crippen molar-refractivity contribution in [3.8, 4) is 11.3 Å². The summed E-state index contributed by atoms with van der Waals surface area (Å²) in [4.78, 5) is 13.6. The van der Waals surface area contributed by atoms with Crippen molar-refractivity contribution in [1.82, 2.24) is 30.0 Å². The molecule has 0 bridgehead atoms. The SMILES string of the molecule is Cc1nn(C(C)C)cc1-c1cc2nccnc2c(NCC2(F)CCCNC2)n1. The van der Waals surface area contributed by atoms with Crippen LogP contribution in [0.15, 0.2) is 24.7 Å². The van der Waals surface area contributed by atoms with E-state index >= 15 is 4.39 Å². The van der Waals surface area contributed by atoms with Gasteiger partial charge in [0.2, 0.25) is 0 Å². The number of pyridine rings is 1. The minimum absolute atomic E-state index is 0.187. The molecule has 0 radical (unpaired) electrons. The van der Waals surface area contributed by atoms with Gasteiger partial charge >= 0.3 is 0 Å². The van der Waals surface area contributed by atoms with Crippen LogP contribution in [0.1, 0.15) is 38.4 Å². The van der Waals surface area contributed by atoms with Crippen LogP contribution in [0, 0.1) is 6.92 Å². The van der Waals surface area contributed by atoms with Gasteiger partial charge in [0.1, 0.15) is 11.2 Å². The van der Waals surface area contributed by atoms with E-state index in [4.69, 9.17) is 4.98 Å². The van der Waals surface area contributed by atoms with Crippen molar-refractivity contribution in [2.24, 2.45) is 0 Å². The molecule has 2 N–H and O–H groups in total. The van der Waals surface area contributed by atoms with Gasteiger partial charge in [-0.3, -0.25) is 9.67 Å². The van der Waals surface area contributed by atoms with Gasteiger partial charge in [-0.15, -0.1) is 0 Å². The number of halogens is 1. The summed E-state index contributed by atoms with van der Waals surface area (Å²) in [6.45, 7) is 7.54. The van der Waals surface area contributed by atoms with E-state index in [0.717, 1.165) is 35.4 Å². The van der Waals surface area contributed by atoms with Crippen LogP contribution in [0.2, 0.25) is 0 Å². The van der Waals surface area contributed by atoms with Gasteiger partial charge in [0.05, 0.1) is 23.4 Å². The number of nitrogens with zero attached hydrogens (tertiary/aromatic N) is 5. The highest BCUT2D eigenvalue weighted by Gasteiger charge is 2.31. The highest BCUT2D eigenvalue weighted by Crippen LogP contribution is 2.29. The molecule has 1 fully saturated rings. The quantitative estimate of drug-likeness (QED) is 0.704. The molecule has 8 heteroatoms. The predicted molar refractivity (Wildman–Crippen MR) is 108 cm³/mol. The van der Waals surface area contributed by atoms with Gasteiger partial charge in [0, 0.05) is 36.7 Å². The third kappa shape index (κ3) is 3.69. The van der Waals surface area contributed by atoms with Crippen molar-refractivity contribution in [1.29, 1.82) is 0 Å². The van der Waals surface area contributed by atoms with E-state index in [0.29, 0.717) is 24.3 Å². The van der Waals surface area contributed by atoms with E-state index in [2.05, 4.69) is 39.5 Å². The van der Waals surface area contributed by atoms with Crippen LogP contribution in [0.3, 0.4) is 0 Å². The summed E-state index contributed by atoms with van der Waals surface area (Å²) >= 11 is 0. The average molecular weight is 383 g/mol. The summed E-state index contributed by atoms with van der Waals surface area (Å²) in [6.07, 6.45) is 6.65. The number of piperidine rings is 1. The summed E-state index contributed by atoms with van der Waals surface area (Å²) in [6, 6.07) is 2.17. The molecule has 1 aliphatic heterocycles. The molecule has 1 unspecified atom stereocenters. The normalized spacial score (nSPS) is 20.0. The Kier molecular flexibility index (Phi) is 4.97. The molecular formula is C20H26FN7. The van der Waals surface area contributed by atoms with Gasteiger partial charge in [-0.05, 0) is 46.2 Å². The zero-order chi connectivity index (χ0) is 19.7. The lowest BCUT2D eigenvalue weighted by Gasteiger charge is -2.30. The Hall–Kier alpha value is -2.61. The topological polar surface area (TPSA) is 80.5 Å². The molecule has 0 amide bonds. The van der Waals surface area contributed by atoms with Gasteiger partial charge < -0.3 is 10.6 Å². The van der Waals surface area contributed by atoms with E-state index in [-0.39, 0.29) is 12.6 Å². The first kappa shape index (κ1) is 18.7. The van der Waals surface area contributed by atoms with Gasteiger partial charge in [-0.25, -0.2) is 14.4 Å². The monoisotopic (exact) mass is 383 g/mol. The fourth-order valence-electron chi connectivity index (χ4n) is 3.55. The largest absolute Gasteiger partial charge is 0.365 e. The van der Waals surface area contributed by atoms with Crippen molar-refractivity contribution in [3.05, 3.63) is 30.4 Å². The van der Waals surface area contributed by atoms with Crippen LogP contribution >= 0.6 is 0 Å². The summed E-state index contributed by atoms with van der Waals surface area (Å²) in [5.74, 6) is 0.555. The maximum Gasteiger partial charge on any atom is 0.155 e. The lowest BCUT2D eigenvalue weighted by molar-refractivity contribution is 0.137. The van der Waals surface area contributed by atoms with Crippen molar-refractivity contribution in [2.45, 2.75) is 45.3 Å². The highest BCUT2D eigenvalue weighted by atomic mass is 19.1. The van der Waals surface area contributed by atoms with E-state index in [9.17, 15) is 0 Å². The maximum absolute atomic E-state index is 15.0. The standard InChI is InChI=1S/C20H26FN7/c1-13(2)28-10-15(14(3)27-28)16-9-17-18(24-8-7-23-17)19(26-16)25-12-20(21)5-4-6-22-11-20/h7-10,13,22H,4-6,11-12H2,1-3H3,(H,25,26). The van der Waals surface area contributed by atoms with Crippen molar-refractivity contribution < 1.29 is 4.39 Å². The zero-order valence-corrected chi connectivity index (χ0v) is 16.5. The van der Waals surface area contributed by atoms with Crippen LogP contribution in [0.5, 0.6) is 0 Å². The molecule has 4 rings (SSSR count). The molecule has 1 aliphatic rings. The van der Waals surface area contributed by atoms with Crippen molar-refractivity contribution >= 4 is 16.9 Å². The Morgan fingerprint density at radius 3 is 2.86 bits per heavy atom. The van der Waals surface area contributed by atoms with Gasteiger partial charge in [-0.2, -0.15) is 5.10 Å². The number of nitrogens with one attached hydrogen (secondary N) is 2. The lowest BCUT2D eigenvalue weighted by atomic mass is 9.96. The summed E-state index contributed by atoms with van der Waals surface area (Å²) < 4.78 is 17.0. The molecule has 148 valence electrons. The number of fused-ring (bicyclic) bond motifs is 1. The Morgan fingerprint density at radius 1 is 1.32 bits per heavy atom. The van der Waals surface area contributed by atoms with Gasteiger partial charge in [-0.1, -0.05) is 0 Å². The Morgan fingerprint density at radius 2 is 2.14 bits per heavy atom. The number of aryl methyl sites for hydroxylation is 1. The molecule has 3 aromatic rings. The molecule has 1 saturated heterocycles. The van der Waals surface area contributed by atoms with Gasteiger partial charge in [0.25, 0.3) is 0 Å². The number of rotatable bonds is 5. The average Bonchev–Trinajstić information content (AvgIpc) is 3.09. The maximum atomic E-state index is 15.0. The summed E-state index contributed by atoms with van der Waals surface area (Å²) in [5, 5.41) is 10.9. The van der Waals surface area contributed by atoms with Crippen LogP contribution in [-0.4, -0.2) is 50.0 Å². The second kappa shape index (κ2) is 7.43. The molecule has 0 aromatic carbocycles. The van der Waals surface area contributed by atoms with E-state index in [1.165, 1.54) is 0 Å². The van der Waals surface area contributed by atoms with E-state index in [1.807, 2.05) is 23.9 Å². The van der Waals surface area contributed by atoms with E-state index < -0.39 is 5.67 Å². The first-order chi connectivity index (χ1) is 13.5. The first-order valence-electron chi connectivity index (χ1n) is 9.77. The van der Waals surface area contributed by atoms with Crippen LogP contribution in [-0.2, 0) is 0 Å². The van der Waals surface area contributed by atoms with E-state index in [1.54, 1.807) is 12.4 Å². The third-order valence-electron chi connectivity index (χ3n) is 5.17. The van der Waals surface area contributed by atoms with Crippen molar-refractivity contribution in [2.75, 3.05) is 25.0 Å². The fraction of sp³-hybridized carbons (Fsp3) is 0.500. The molecule has 7 nitrogen and oxygen atoms in total. The summed E-state index contributed by atoms with van der Waals surface area (Å²) in [7, 11) is 0. The highest BCUT2D eigenvalue weighted by molar-refractivity contribution is 5.88. The second-order valence-electron chi connectivity index (χ2n) is 7.77. The molecular weight excluding hydrogens is 357 g/mol. The third-order valence-corrected chi connectivity index (χ3v) is 5.17. The number of hydrogen-bond donors (Lipinski definition) is 2. The van der Waals surface area contributed by atoms with Crippen LogP contribution in [0.4, 0.5) is 10.2 Å². The minimum Gasteiger partial charge on any atom is -0.365 e. The van der Waals surface area contributed by atoms with Crippen LogP contribution in [0.25, 0.3) is 22.3 Å². The second-order valence-corrected chi connectivity index (χ2v) is 7.77. The van der Waals surface area contributed by atoms with Gasteiger partial charge in [0.15, 0.2) is 5.82 Å². The number of hydrogen-bond acceptors (Lipinski definition) is 6. The Bertz CT molecular complexity index is 976. The Labute approximate surface area is 163 Å². The molecule has 0 saturated carbocycles. The van der Waals surface area contributed by atoms with Crippen LogP contribution < -0.4 is 10.6 Å².